The van der Waals surface area contributed by atoms with E-state index in [9.17, 15) is 8.42 Å². The van der Waals surface area contributed by atoms with E-state index in [2.05, 4.69) is 17.0 Å². The van der Waals surface area contributed by atoms with Crippen LogP contribution in [0.1, 0.15) is 13.8 Å². The molecule has 0 spiro atoms. The van der Waals surface area contributed by atoms with E-state index in [0.717, 1.165) is 18.8 Å². The fraction of sp³-hybridized carbons (Fsp3) is 0.538. The number of benzene rings is 1. The highest BCUT2D eigenvalue weighted by molar-refractivity contribution is 7.89. The van der Waals surface area contributed by atoms with E-state index in [0.29, 0.717) is 6.54 Å². The third-order valence-electron chi connectivity index (χ3n) is 3.41. The van der Waals surface area contributed by atoms with Gasteiger partial charge < -0.3 is 4.90 Å². The zero-order chi connectivity index (χ0) is 13.2. The van der Waals surface area contributed by atoms with Crippen molar-refractivity contribution in [3.63, 3.8) is 0 Å². The molecule has 1 aliphatic rings. The molecule has 1 unspecified atom stereocenters. The Morgan fingerprint density at radius 3 is 2.44 bits per heavy atom. The molecule has 0 amide bonds. The van der Waals surface area contributed by atoms with Crippen LogP contribution in [0, 0.1) is 0 Å². The van der Waals surface area contributed by atoms with Crippen LogP contribution in [0.2, 0.25) is 0 Å². The summed E-state index contributed by atoms with van der Waals surface area (Å²) in [4.78, 5) is 2.24. The summed E-state index contributed by atoms with van der Waals surface area (Å²) in [5, 5.41) is 0. The second-order valence-corrected chi connectivity index (χ2v) is 6.85. The van der Waals surface area contributed by atoms with Gasteiger partial charge in [0.15, 0.2) is 0 Å². The van der Waals surface area contributed by atoms with Crippen LogP contribution in [-0.2, 0) is 10.0 Å². The van der Waals surface area contributed by atoms with Crippen molar-refractivity contribution < 1.29 is 8.42 Å². The maximum Gasteiger partial charge on any atom is 0.214 e. The zero-order valence-electron chi connectivity index (χ0n) is 10.9. The Balaban J connectivity index is 2.10. The number of hydrogen-bond acceptors (Lipinski definition) is 3. The molecule has 1 fully saturated rings. The van der Waals surface area contributed by atoms with Gasteiger partial charge in [0.25, 0.3) is 0 Å². The van der Waals surface area contributed by atoms with Gasteiger partial charge in [-0.15, -0.1) is 0 Å². The van der Waals surface area contributed by atoms with Gasteiger partial charge in [-0.05, 0) is 26.0 Å². The Morgan fingerprint density at radius 1 is 1.22 bits per heavy atom. The second-order valence-electron chi connectivity index (χ2n) is 4.64. The molecule has 0 N–H and O–H groups in total. The van der Waals surface area contributed by atoms with Crippen LogP contribution < -0.4 is 4.90 Å². The van der Waals surface area contributed by atoms with Gasteiger partial charge in [0, 0.05) is 31.4 Å². The highest BCUT2D eigenvalue weighted by Gasteiger charge is 2.31. The summed E-state index contributed by atoms with van der Waals surface area (Å²) in [5.74, 6) is 0.183. The van der Waals surface area contributed by atoms with Crippen LogP contribution in [0.4, 0.5) is 5.69 Å². The minimum atomic E-state index is -3.07. The molecule has 0 radical (unpaired) electrons. The number of rotatable bonds is 3. The van der Waals surface area contributed by atoms with Crippen LogP contribution in [0.15, 0.2) is 30.3 Å². The lowest BCUT2D eigenvalue weighted by Gasteiger charge is -2.40. The van der Waals surface area contributed by atoms with E-state index in [-0.39, 0.29) is 11.8 Å². The minimum absolute atomic E-state index is 0.0314. The van der Waals surface area contributed by atoms with E-state index in [1.54, 1.807) is 11.2 Å². The lowest BCUT2D eigenvalue weighted by molar-refractivity contribution is 0.307. The fourth-order valence-electron chi connectivity index (χ4n) is 2.39. The molecule has 100 valence electrons. The van der Waals surface area contributed by atoms with Gasteiger partial charge in [0.05, 0.1) is 5.75 Å². The maximum atomic E-state index is 11.9. The number of para-hydroxylation sites is 1. The van der Waals surface area contributed by atoms with E-state index in [1.807, 2.05) is 25.1 Å². The monoisotopic (exact) mass is 268 g/mol. The maximum absolute atomic E-state index is 11.9. The SMILES string of the molecule is CCS(=O)(=O)N1CCN(c2ccccc2)CC1C. The number of hydrogen-bond donors (Lipinski definition) is 0. The van der Waals surface area contributed by atoms with Gasteiger partial charge in [-0.3, -0.25) is 0 Å². The Hall–Kier alpha value is -1.07. The molecular formula is C13H20N2O2S. The van der Waals surface area contributed by atoms with Crippen molar-refractivity contribution in [2.24, 2.45) is 0 Å². The van der Waals surface area contributed by atoms with Crippen molar-refractivity contribution >= 4 is 15.7 Å². The van der Waals surface area contributed by atoms with E-state index in [1.165, 1.54) is 0 Å². The van der Waals surface area contributed by atoms with E-state index < -0.39 is 10.0 Å². The van der Waals surface area contributed by atoms with Crippen LogP contribution in [0.25, 0.3) is 0 Å². The molecule has 0 aliphatic carbocycles. The number of anilines is 1. The van der Waals surface area contributed by atoms with Crippen LogP contribution in [0.3, 0.4) is 0 Å². The summed E-state index contributed by atoms with van der Waals surface area (Å²) >= 11 is 0. The Labute approximate surface area is 109 Å². The first-order valence-corrected chi connectivity index (χ1v) is 7.95. The highest BCUT2D eigenvalue weighted by atomic mass is 32.2. The normalized spacial score (nSPS) is 22.1. The quantitative estimate of drug-likeness (QED) is 0.835. The molecule has 1 aliphatic heterocycles. The van der Waals surface area contributed by atoms with Crippen LogP contribution in [-0.4, -0.2) is 44.2 Å². The molecule has 1 saturated heterocycles. The Bertz CT molecular complexity index is 487. The molecular weight excluding hydrogens is 248 g/mol. The number of nitrogens with zero attached hydrogens (tertiary/aromatic N) is 2. The van der Waals surface area contributed by atoms with E-state index >= 15 is 0 Å². The van der Waals surface area contributed by atoms with Crippen LogP contribution >= 0.6 is 0 Å². The van der Waals surface area contributed by atoms with Crippen molar-refractivity contribution in [3.05, 3.63) is 30.3 Å². The largest absolute Gasteiger partial charge is 0.369 e. The van der Waals surface area contributed by atoms with E-state index in [4.69, 9.17) is 0 Å². The molecule has 2 rings (SSSR count). The smallest absolute Gasteiger partial charge is 0.214 e. The molecule has 1 atom stereocenters. The predicted molar refractivity (Wildman–Crippen MR) is 74.3 cm³/mol. The summed E-state index contributed by atoms with van der Waals surface area (Å²) in [7, 11) is -3.07. The van der Waals surface area contributed by atoms with Crippen LogP contribution in [0.5, 0.6) is 0 Å². The molecule has 1 heterocycles. The van der Waals surface area contributed by atoms with Gasteiger partial charge in [-0.2, -0.15) is 4.31 Å². The standard InChI is InChI=1S/C13H20N2O2S/c1-3-18(16,17)15-10-9-14(11-12(15)2)13-7-5-4-6-8-13/h4-8,12H,3,9-11H2,1-2H3. The molecule has 5 heteroatoms. The van der Waals surface area contributed by atoms with Gasteiger partial charge in [-0.25, -0.2) is 8.42 Å². The average Bonchev–Trinajstić information content (AvgIpc) is 2.39. The summed E-state index contributed by atoms with van der Waals surface area (Å²) in [5.41, 5.74) is 1.16. The van der Waals surface area contributed by atoms with Gasteiger partial charge in [0.1, 0.15) is 0 Å². The molecule has 0 aromatic heterocycles. The predicted octanol–water partition coefficient (Wildman–Crippen LogP) is 1.55. The Kier molecular flexibility index (Phi) is 3.92. The van der Waals surface area contributed by atoms with Gasteiger partial charge >= 0.3 is 0 Å². The lowest BCUT2D eigenvalue weighted by atomic mass is 10.2. The minimum Gasteiger partial charge on any atom is -0.369 e. The molecule has 1 aromatic carbocycles. The third kappa shape index (κ3) is 2.67. The topological polar surface area (TPSA) is 40.6 Å². The van der Waals surface area contributed by atoms with Crippen molar-refractivity contribution in [2.75, 3.05) is 30.3 Å². The molecule has 4 nitrogen and oxygen atoms in total. The molecule has 0 bridgehead atoms. The Morgan fingerprint density at radius 2 is 1.89 bits per heavy atom. The summed E-state index contributed by atoms with van der Waals surface area (Å²) in [6.07, 6.45) is 0. The molecule has 18 heavy (non-hydrogen) atoms. The van der Waals surface area contributed by atoms with Crippen molar-refractivity contribution in [1.82, 2.24) is 4.31 Å². The summed E-state index contributed by atoms with van der Waals surface area (Å²) in [6.45, 7) is 5.76. The zero-order valence-corrected chi connectivity index (χ0v) is 11.7. The first kappa shape index (κ1) is 13.4. The number of piperazine rings is 1. The fourth-order valence-corrected chi connectivity index (χ4v) is 3.70. The first-order chi connectivity index (χ1) is 8.54. The van der Waals surface area contributed by atoms with Crippen molar-refractivity contribution in [3.8, 4) is 0 Å². The number of sulfonamides is 1. The van der Waals surface area contributed by atoms with Gasteiger partial charge in [-0.1, -0.05) is 18.2 Å². The van der Waals surface area contributed by atoms with Crippen molar-refractivity contribution in [2.45, 2.75) is 19.9 Å². The molecule has 1 aromatic rings. The van der Waals surface area contributed by atoms with Crippen molar-refractivity contribution in [1.29, 1.82) is 0 Å². The molecule has 0 saturated carbocycles. The van der Waals surface area contributed by atoms with Gasteiger partial charge in [0.2, 0.25) is 10.0 Å². The highest BCUT2D eigenvalue weighted by Crippen LogP contribution is 2.20. The lowest BCUT2D eigenvalue weighted by Crippen LogP contribution is -2.54. The summed E-state index contributed by atoms with van der Waals surface area (Å²) < 4.78 is 25.5. The first-order valence-electron chi connectivity index (χ1n) is 6.34. The third-order valence-corrected chi connectivity index (χ3v) is 5.40. The second kappa shape index (κ2) is 5.28. The summed E-state index contributed by atoms with van der Waals surface area (Å²) in [6, 6.07) is 10.2. The average molecular weight is 268 g/mol.